The maximum Gasteiger partial charge on any atom is 0.255 e. The van der Waals surface area contributed by atoms with Gasteiger partial charge in [0.1, 0.15) is 17.1 Å². The molecule has 1 N–H and O–H groups in total. The zero-order valence-electron chi connectivity index (χ0n) is 13.1. The van der Waals surface area contributed by atoms with Crippen LogP contribution in [0.2, 0.25) is 0 Å². The van der Waals surface area contributed by atoms with Gasteiger partial charge in [0.25, 0.3) is 5.56 Å². The van der Waals surface area contributed by atoms with Gasteiger partial charge in [-0.05, 0) is 50.6 Å². The van der Waals surface area contributed by atoms with Crippen molar-refractivity contribution in [2.45, 2.75) is 26.4 Å². The highest BCUT2D eigenvalue weighted by Gasteiger charge is 2.33. The number of benzene rings is 1. The van der Waals surface area contributed by atoms with E-state index in [1.165, 1.54) is 22.9 Å². The van der Waals surface area contributed by atoms with Gasteiger partial charge in [-0.15, -0.1) is 0 Å². The van der Waals surface area contributed by atoms with Gasteiger partial charge < -0.3 is 9.84 Å². The van der Waals surface area contributed by atoms with Crippen LogP contribution in [0.3, 0.4) is 0 Å². The summed E-state index contributed by atoms with van der Waals surface area (Å²) in [6.45, 7) is 5.71. The molecule has 5 nitrogen and oxygen atoms in total. The minimum absolute atomic E-state index is 0.00724. The predicted molar refractivity (Wildman–Crippen MR) is 86.2 cm³/mol. The molecule has 0 saturated carbocycles. The van der Waals surface area contributed by atoms with Crippen molar-refractivity contribution in [2.75, 3.05) is 0 Å². The monoisotopic (exact) mass is 308 g/mol. The van der Waals surface area contributed by atoms with Gasteiger partial charge in [-0.2, -0.15) is 5.26 Å². The van der Waals surface area contributed by atoms with Crippen molar-refractivity contribution in [2.24, 2.45) is 0 Å². The topological polar surface area (TPSA) is 75.3 Å². The van der Waals surface area contributed by atoms with Gasteiger partial charge in [0, 0.05) is 11.6 Å². The lowest BCUT2D eigenvalue weighted by molar-refractivity contribution is 0.143. The van der Waals surface area contributed by atoms with Crippen molar-refractivity contribution < 1.29 is 9.84 Å². The minimum Gasteiger partial charge on any atom is -0.506 e. The Bertz CT molecular complexity index is 930. The van der Waals surface area contributed by atoms with E-state index in [-0.39, 0.29) is 11.3 Å². The molecule has 2 aromatic rings. The Hall–Kier alpha value is -3.00. The number of nitriles is 1. The van der Waals surface area contributed by atoms with Gasteiger partial charge in [0.05, 0.1) is 23.5 Å². The lowest BCUT2D eigenvalue weighted by Gasteiger charge is -2.36. The van der Waals surface area contributed by atoms with Crippen LogP contribution < -0.4 is 10.3 Å². The van der Waals surface area contributed by atoms with E-state index in [2.05, 4.69) is 6.07 Å². The Balaban J connectivity index is 2.38. The number of ether oxygens (including phenoxy) is 1. The zero-order chi connectivity index (χ0) is 16.8. The summed E-state index contributed by atoms with van der Waals surface area (Å²) in [5.41, 5.74) is 1.74. The summed E-state index contributed by atoms with van der Waals surface area (Å²) >= 11 is 0. The summed E-state index contributed by atoms with van der Waals surface area (Å²) in [6.07, 6.45) is 1.38. The van der Waals surface area contributed by atoms with Gasteiger partial charge in [0.2, 0.25) is 0 Å². The summed E-state index contributed by atoms with van der Waals surface area (Å²) in [5, 5.41) is 18.9. The summed E-state index contributed by atoms with van der Waals surface area (Å²) in [6, 6.07) is 9.87. The molecule has 0 radical (unpaired) electrons. The second-order valence-corrected chi connectivity index (χ2v) is 6.00. The van der Waals surface area contributed by atoms with E-state index >= 15 is 0 Å². The molecule has 23 heavy (non-hydrogen) atoms. The van der Waals surface area contributed by atoms with E-state index in [0.717, 1.165) is 5.57 Å². The van der Waals surface area contributed by atoms with Gasteiger partial charge in [0.15, 0.2) is 0 Å². The molecule has 0 spiro atoms. The minimum atomic E-state index is -0.610. The molecule has 2 heterocycles. The molecule has 1 aromatic heterocycles. The third kappa shape index (κ3) is 2.38. The Morgan fingerprint density at radius 2 is 2.00 bits per heavy atom. The third-order valence-corrected chi connectivity index (χ3v) is 4.12. The molecule has 0 unspecified atom stereocenters. The molecular weight excluding hydrogens is 292 g/mol. The van der Waals surface area contributed by atoms with E-state index in [1.54, 1.807) is 18.2 Å². The van der Waals surface area contributed by atoms with Crippen molar-refractivity contribution in [3.63, 3.8) is 0 Å². The van der Waals surface area contributed by atoms with Gasteiger partial charge in [-0.3, -0.25) is 9.36 Å². The molecule has 0 atom stereocenters. The quantitative estimate of drug-likeness (QED) is 0.879. The second kappa shape index (κ2) is 5.03. The molecule has 1 aliphatic heterocycles. The van der Waals surface area contributed by atoms with Crippen molar-refractivity contribution in [1.82, 2.24) is 4.57 Å². The molecule has 0 amide bonds. The summed E-state index contributed by atoms with van der Waals surface area (Å²) in [7, 11) is 0. The van der Waals surface area contributed by atoms with Gasteiger partial charge >= 0.3 is 0 Å². The fourth-order valence-electron chi connectivity index (χ4n) is 2.67. The van der Waals surface area contributed by atoms with Crippen LogP contribution in [-0.2, 0) is 0 Å². The van der Waals surface area contributed by atoms with Crippen molar-refractivity contribution in [3.05, 3.63) is 63.6 Å². The van der Waals surface area contributed by atoms with Crippen LogP contribution >= 0.6 is 0 Å². The van der Waals surface area contributed by atoms with Crippen molar-refractivity contribution >= 4 is 5.70 Å². The number of rotatable bonds is 1. The summed E-state index contributed by atoms with van der Waals surface area (Å²) in [4.78, 5) is 12.3. The van der Waals surface area contributed by atoms with Crippen LogP contribution in [0.25, 0.3) is 5.70 Å². The maximum atomic E-state index is 12.3. The SMILES string of the molecule is CC1=C(n2cc(O)ccc2=O)c2cc(C#N)ccc2OC1(C)C. The van der Waals surface area contributed by atoms with Crippen LogP contribution in [0.4, 0.5) is 0 Å². The molecule has 1 aromatic carbocycles. The molecule has 0 aliphatic carbocycles. The third-order valence-electron chi connectivity index (χ3n) is 4.12. The number of hydrogen-bond donors (Lipinski definition) is 1. The Kier molecular flexibility index (Phi) is 3.26. The molecule has 1 aliphatic rings. The molecule has 3 rings (SSSR count). The number of aromatic nitrogens is 1. The lowest BCUT2D eigenvalue weighted by Crippen LogP contribution is -2.36. The first-order valence-corrected chi connectivity index (χ1v) is 7.20. The van der Waals surface area contributed by atoms with Crippen LogP contribution in [0.1, 0.15) is 31.9 Å². The first-order chi connectivity index (χ1) is 10.8. The van der Waals surface area contributed by atoms with E-state index in [1.807, 2.05) is 20.8 Å². The smallest absolute Gasteiger partial charge is 0.255 e. The molecule has 0 fully saturated rings. The van der Waals surface area contributed by atoms with Crippen molar-refractivity contribution in [3.8, 4) is 17.6 Å². The highest BCUT2D eigenvalue weighted by atomic mass is 16.5. The van der Waals surface area contributed by atoms with Crippen LogP contribution in [0.5, 0.6) is 11.5 Å². The first kappa shape index (κ1) is 14.9. The number of fused-ring (bicyclic) bond motifs is 1. The summed E-state index contributed by atoms with van der Waals surface area (Å²) in [5.74, 6) is 0.594. The van der Waals surface area contributed by atoms with Crippen LogP contribution in [-0.4, -0.2) is 15.3 Å². The van der Waals surface area contributed by atoms with E-state index in [9.17, 15) is 9.90 Å². The van der Waals surface area contributed by atoms with Gasteiger partial charge in [-0.1, -0.05) is 0 Å². The number of aromatic hydroxyl groups is 1. The highest BCUT2D eigenvalue weighted by molar-refractivity contribution is 5.77. The van der Waals surface area contributed by atoms with E-state index in [0.29, 0.717) is 22.6 Å². The van der Waals surface area contributed by atoms with Gasteiger partial charge in [-0.25, -0.2) is 0 Å². The maximum absolute atomic E-state index is 12.3. The second-order valence-electron chi connectivity index (χ2n) is 6.00. The molecule has 116 valence electrons. The fraction of sp³-hybridized carbons (Fsp3) is 0.222. The van der Waals surface area contributed by atoms with Crippen LogP contribution in [0.15, 0.2) is 46.9 Å². The molecule has 0 saturated heterocycles. The normalized spacial score (nSPS) is 15.6. The van der Waals surface area contributed by atoms with Crippen molar-refractivity contribution in [1.29, 1.82) is 5.26 Å². The zero-order valence-corrected chi connectivity index (χ0v) is 13.1. The summed E-state index contributed by atoms with van der Waals surface area (Å²) < 4.78 is 7.41. The molecular formula is C18H16N2O3. The largest absolute Gasteiger partial charge is 0.506 e. The Labute approximate surface area is 133 Å². The highest BCUT2D eigenvalue weighted by Crippen LogP contribution is 2.41. The predicted octanol–water partition coefficient (Wildman–Crippen LogP) is 2.88. The lowest BCUT2D eigenvalue weighted by atomic mass is 9.90. The number of hydrogen-bond acceptors (Lipinski definition) is 4. The average Bonchev–Trinajstić information content (AvgIpc) is 2.51. The van der Waals surface area contributed by atoms with Crippen LogP contribution in [0, 0.1) is 11.3 Å². The fourth-order valence-corrected chi connectivity index (χ4v) is 2.67. The molecule has 5 heteroatoms. The number of pyridine rings is 1. The first-order valence-electron chi connectivity index (χ1n) is 7.20. The number of nitrogens with zero attached hydrogens (tertiary/aromatic N) is 2. The Morgan fingerprint density at radius 1 is 1.26 bits per heavy atom. The van der Waals surface area contributed by atoms with E-state index < -0.39 is 5.60 Å². The standard InChI is InChI=1S/C18H16N2O3/c1-11-17(20-10-13(21)5-7-16(20)22)14-8-12(9-19)4-6-15(14)23-18(11,2)3/h4-8,10,21H,1-3H3. The van der Waals surface area contributed by atoms with E-state index in [4.69, 9.17) is 10.00 Å². The average molecular weight is 308 g/mol. The Morgan fingerprint density at radius 3 is 2.70 bits per heavy atom. The molecule has 0 bridgehead atoms.